The number of hydrogen-bond acceptors (Lipinski definition) is 3. The number of ether oxygens (including phenoxy) is 1. The Kier molecular flexibility index (Phi) is 4.83. The van der Waals surface area contributed by atoms with Crippen molar-refractivity contribution in [1.29, 1.82) is 0 Å². The van der Waals surface area contributed by atoms with Gasteiger partial charge in [-0.05, 0) is 46.1 Å². The fourth-order valence-electron chi connectivity index (χ4n) is 3.37. The lowest BCUT2D eigenvalue weighted by atomic mass is 9.88. The third kappa shape index (κ3) is 3.21. The van der Waals surface area contributed by atoms with E-state index in [0.29, 0.717) is 12.1 Å². The van der Waals surface area contributed by atoms with E-state index in [0.717, 1.165) is 25.2 Å². The summed E-state index contributed by atoms with van der Waals surface area (Å²) in [6.07, 6.45) is 7.02. The third-order valence-electron chi connectivity index (χ3n) is 4.56. The van der Waals surface area contributed by atoms with Crippen LogP contribution in [-0.2, 0) is 4.74 Å². The summed E-state index contributed by atoms with van der Waals surface area (Å²) in [5.41, 5.74) is 0. The summed E-state index contributed by atoms with van der Waals surface area (Å²) in [4.78, 5) is 2.74. The van der Waals surface area contributed by atoms with Gasteiger partial charge in [-0.3, -0.25) is 4.90 Å². The highest BCUT2D eigenvalue weighted by atomic mass is 16.5. The summed E-state index contributed by atoms with van der Waals surface area (Å²) in [5, 5.41) is 3.42. The summed E-state index contributed by atoms with van der Waals surface area (Å²) < 4.78 is 5.79. The van der Waals surface area contributed by atoms with Gasteiger partial charge >= 0.3 is 0 Å². The van der Waals surface area contributed by atoms with Crippen LogP contribution in [0.2, 0.25) is 0 Å². The van der Waals surface area contributed by atoms with Crippen molar-refractivity contribution in [3.05, 3.63) is 0 Å². The molecule has 2 rings (SSSR count). The van der Waals surface area contributed by atoms with E-state index in [9.17, 15) is 0 Å². The van der Waals surface area contributed by atoms with E-state index in [4.69, 9.17) is 4.74 Å². The number of rotatable bonds is 3. The van der Waals surface area contributed by atoms with Crippen LogP contribution in [-0.4, -0.2) is 49.3 Å². The van der Waals surface area contributed by atoms with Gasteiger partial charge in [-0.1, -0.05) is 6.92 Å². The molecule has 2 aliphatic rings. The molecule has 17 heavy (non-hydrogen) atoms. The van der Waals surface area contributed by atoms with Crippen molar-refractivity contribution in [2.75, 3.05) is 20.2 Å². The SMILES string of the molecule is CCC1COC(C)CN1C1CCC(NC)CC1. The molecule has 3 nitrogen and oxygen atoms in total. The van der Waals surface area contributed by atoms with E-state index in [1.54, 1.807) is 0 Å². The van der Waals surface area contributed by atoms with Gasteiger partial charge in [0.25, 0.3) is 0 Å². The Morgan fingerprint density at radius 3 is 2.53 bits per heavy atom. The minimum Gasteiger partial charge on any atom is -0.376 e. The van der Waals surface area contributed by atoms with Gasteiger partial charge < -0.3 is 10.1 Å². The molecule has 0 aromatic heterocycles. The highest BCUT2D eigenvalue weighted by Gasteiger charge is 2.33. The van der Waals surface area contributed by atoms with Crippen LogP contribution >= 0.6 is 0 Å². The minimum absolute atomic E-state index is 0.417. The summed E-state index contributed by atoms with van der Waals surface area (Å²) >= 11 is 0. The highest BCUT2D eigenvalue weighted by molar-refractivity contribution is 4.88. The van der Waals surface area contributed by atoms with E-state index in [2.05, 4.69) is 31.1 Å². The second-order valence-corrected chi connectivity index (χ2v) is 5.70. The lowest BCUT2D eigenvalue weighted by Gasteiger charge is -2.45. The molecule has 1 saturated heterocycles. The first-order valence-corrected chi connectivity index (χ1v) is 7.29. The molecule has 0 bridgehead atoms. The molecule has 100 valence electrons. The molecule has 2 fully saturated rings. The zero-order chi connectivity index (χ0) is 12.3. The summed E-state index contributed by atoms with van der Waals surface area (Å²) in [6.45, 7) is 6.56. The van der Waals surface area contributed by atoms with Crippen LogP contribution in [0.25, 0.3) is 0 Å². The van der Waals surface area contributed by atoms with Crippen molar-refractivity contribution >= 4 is 0 Å². The Hall–Kier alpha value is -0.120. The molecular weight excluding hydrogens is 212 g/mol. The average molecular weight is 240 g/mol. The largest absolute Gasteiger partial charge is 0.376 e. The van der Waals surface area contributed by atoms with Gasteiger partial charge in [0.1, 0.15) is 0 Å². The number of nitrogens with one attached hydrogen (secondary N) is 1. The molecule has 0 spiro atoms. The molecular formula is C14H28N2O. The Bertz CT molecular complexity index is 226. The monoisotopic (exact) mass is 240 g/mol. The summed E-state index contributed by atoms with van der Waals surface area (Å²) in [5.74, 6) is 0. The molecule has 0 aromatic carbocycles. The fourth-order valence-corrected chi connectivity index (χ4v) is 3.37. The molecule has 3 heteroatoms. The van der Waals surface area contributed by atoms with E-state index in [1.807, 2.05) is 0 Å². The Balaban J connectivity index is 1.90. The molecule has 1 saturated carbocycles. The molecule has 2 atom stereocenters. The highest BCUT2D eigenvalue weighted by Crippen LogP contribution is 2.27. The molecule has 0 radical (unpaired) electrons. The van der Waals surface area contributed by atoms with Crippen LogP contribution < -0.4 is 5.32 Å². The first-order valence-electron chi connectivity index (χ1n) is 7.29. The van der Waals surface area contributed by atoms with Crippen LogP contribution in [0.15, 0.2) is 0 Å². The molecule has 1 aliphatic carbocycles. The predicted octanol–water partition coefficient (Wildman–Crippen LogP) is 2.02. The molecule has 1 N–H and O–H groups in total. The normalized spacial score (nSPS) is 40.4. The maximum atomic E-state index is 5.79. The first kappa shape index (κ1) is 13.3. The molecule has 0 aromatic rings. The second-order valence-electron chi connectivity index (χ2n) is 5.70. The van der Waals surface area contributed by atoms with E-state index in [-0.39, 0.29) is 0 Å². The van der Waals surface area contributed by atoms with Gasteiger partial charge in [-0.15, -0.1) is 0 Å². The Morgan fingerprint density at radius 1 is 1.24 bits per heavy atom. The molecule has 2 unspecified atom stereocenters. The molecule has 1 aliphatic heterocycles. The van der Waals surface area contributed by atoms with Gasteiger partial charge in [-0.2, -0.15) is 0 Å². The van der Waals surface area contributed by atoms with Crippen LogP contribution in [0.5, 0.6) is 0 Å². The molecule has 1 heterocycles. The lowest BCUT2D eigenvalue weighted by molar-refractivity contribution is -0.0782. The Morgan fingerprint density at radius 2 is 1.94 bits per heavy atom. The smallest absolute Gasteiger partial charge is 0.0674 e. The van der Waals surface area contributed by atoms with Crippen molar-refractivity contribution in [3.8, 4) is 0 Å². The third-order valence-corrected chi connectivity index (χ3v) is 4.56. The van der Waals surface area contributed by atoms with Gasteiger partial charge in [0.2, 0.25) is 0 Å². The quantitative estimate of drug-likeness (QED) is 0.817. The molecule has 0 amide bonds. The first-order chi connectivity index (χ1) is 8.24. The van der Waals surface area contributed by atoms with Crippen molar-refractivity contribution in [2.24, 2.45) is 0 Å². The Labute approximate surface area is 106 Å². The summed E-state index contributed by atoms with van der Waals surface area (Å²) in [6, 6.07) is 2.21. The van der Waals surface area contributed by atoms with E-state index in [1.165, 1.54) is 32.1 Å². The minimum atomic E-state index is 0.417. The number of morpholine rings is 1. The van der Waals surface area contributed by atoms with Gasteiger partial charge in [0, 0.05) is 24.7 Å². The summed E-state index contributed by atoms with van der Waals surface area (Å²) in [7, 11) is 2.09. The standard InChI is InChI=1S/C14H28N2O/c1-4-13-10-17-11(2)9-16(13)14-7-5-12(15-3)6-8-14/h11-15H,4-10H2,1-3H3. The van der Waals surface area contributed by atoms with Gasteiger partial charge in [0.15, 0.2) is 0 Å². The van der Waals surface area contributed by atoms with Gasteiger partial charge in [0.05, 0.1) is 12.7 Å². The second kappa shape index (κ2) is 6.17. The van der Waals surface area contributed by atoms with Crippen LogP contribution in [0.3, 0.4) is 0 Å². The lowest BCUT2D eigenvalue weighted by Crippen LogP contribution is -2.54. The average Bonchev–Trinajstić information content (AvgIpc) is 2.39. The fraction of sp³-hybridized carbons (Fsp3) is 1.00. The van der Waals surface area contributed by atoms with Crippen LogP contribution in [0, 0.1) is 0 Å². The maximum absolute atomic E-state index is 5.79. The number of nitrogens with zero attached hydrogens (tertiary/aromatic N) is 1. The van der Waals surface area contributed by atoms with Gasteiger partial charge in [-0.25, -0.2) is 0 Å². The van der Waals surface area contributed by atoms with E-state index >= 15 is 0 Å². The van der Waals surface area contributed by atoms with Crippen molar-refractivity contribution < 1.29 is 4.74 Å². The van der Waals surface area contributed by atoms with Crippen LogP contribution in [0.4, 0.5) is 0 Å². The predicted molar refractivity (Wildman–Crippen MR) is 71.3 cm³/mol. The van der Waals surface area contributed by atoms with Crippen LogP contribution in [0.1, 0.15) is 46.0 Å². The topological polar surface area (TPSA) is 24.5 Å². The zero-order valence-corrected chi connectivity index (χ0v) is 11.6. The van der Waals surface area contributed by atoms with Crippen molar-refractivity contribution in [2.45, 2.75) is 70.2 Å². The zero-order valence-electron chi connectivity index (χ0n) is 11.6. The maximum Gasteiger partial charge on any atom is 0.0674 e. The van der Waals surface area contributed by atoms with E-state index < -0.39 is 0 Å². The van der Waals surface area contributed by atoms with Crippen molar-refractivity contribution in [1.82, 2.24) is 10.2 Å². The van der Waals surface area contributed by atoms with Crippen molar-refractivity contribution in [3.63, 3.8) is 0 Å². The number of hydrogen-bond donors (Lipinski definition) is 1.